The number of aliphatic hydroxyl groups excluding tert-OH is 1. The molecule has 7 nitrogen and oxygen atoms in total. The zero-order chi connectivity index (χ0) is 13.5. The molecule has 0 fully saturated rings. The maximum atomic E-state index is 11.1. The van der Waals surface area contributed by atoms with Crippen LogP contribution in [-0.4, -0.2) is 29.2 Å². The Labute approximate surface area is 103 Å². The van der Waals surface area contributed by atoms with Crippen molar-refractivity contribution in [2.24, 2.45) is 0 Å². The minimum absolute atomic E-state index is 0.0698. The van der Waals surface area contributed by atoms with Crippen LogP contribution in [0, 0.1) is 10.1 Å². The minimum Gasteiger partial charge on any atom is -0.475 e. The topological polar surface area (TPSA) is 98.9 Å². The first-order valence-electron chi connectivity index (χ1n) is 5.25. The molecule has 18 heavy (non-hydrogen) atoms. The monoisotopic (exact) mass is 255 g/mol. The van der Waals surface area contributed by atoms with E-state index in [2.05, 4.69) is 4.74 Å². The van der Waals surface area contributed by atoms with Crippen LogP contribution in [0.15, 0.2) is 18.2 Å². The summed E-state index contributed by atoms with van der Waals surface area (Å²) in [6.07, 6.45) is 0. The molecule has 0 heterocycles. The van der Waals surface area contributed by atoms with Gasteiger partial charge in [-0.15, -0.1) is 0 Å². The normalized spacial score (nSPS) is 9.89. The third-order valence-electron chi connectivity index (χ3n) is 2.05. The van der Waals surface area contributed by atoms with E-state index in [-0.39, 0.29) is 24.7 Å². The van der Waals surface area contributed by atoms with Gasteiger partial charge in [0.25, 0.3) is 0 Å². The van der Waals surface area contributed by atoms with Gasteiger partial charge in [-0.1, -0.05) is 0 Å². The molecule has 1 rings (SSSR count). The van der Waals surface area contributed by atoms with Crippen LogP contribution in [-0.2, 0) is 16.1 Å². The zero-order valence-corrected chi connectivity index (χ0v) is 9.79. The molecule has 1 aromatic carbocycles. The van der Waals surface area contributed by atoms with E-state index in [0.717, 1.165) is 0 Å². The Morgan fingerprint density at radius 3 is 2.78 bits per heavy atom. The molecule has 0 spiro atoms. The van der Waals surface area contributed by atoms with Crippen molar-refractivity contribution >= 4 is 11.7 Å². The van der Waals surface area contributed by atoms with Crippen LogP contribution in [0.1, 0.15) is 12.5 Å². The number of nitro groups is 1. The molecule has 0 unspecified atom stereocenters. The van der Waals surface area contributed by atoms with E-state index < -0.39 is 17.5 Å². The fourth-order valence-corrected chi connectivity index (χ4v) is 1.26. The molecule has 0 radical (unpaired) electrons. The number of aliphatic hydroxyl groups is 1. The molecule has 0 saturated carbocycles. The van der Waals surface area contributed by atoms with Crippen molar-refractivity contribution in [3.8, 4) is 5.75 Å². The van der Waals surface area contributed by atoms with Crippen molar-refractivity contribution < 1.29 is 24.3 Å². The molecular formula is C11H13NO6. The van der Waals surface area contributed by atoms with Gasteiger partial charge in [0.05, 0.1) is 18.1 Å². The average molecular weight is 255 g/mol. The average Bonchev–Trinajstić information content (AvgIpc) is 2.36. The molecule has 98 valence electrons. The van der Waals surface area contributed by atoms with Gasteiger partial charge >= 0.3 is 11.7 Å². The molecule has 0 aliphatic carbocycles. The maximum absolute atomic E-state index is 11.1. The third kappa shape index (κ3) is 3.70. The number of benzene rings is 1. The van der Waals surface area contributed by atoms with Gasteiger partial charge in [-0.25, -0.2) is 4.79 Å². The van der Waals surface area contributed by atoms with Gasteiger partial charge in [-0.3, -0.25) is 10.1 Å². The summed E-state index contributed by atoms with van der Waals surface area (Å²) >= 11 is 0. The number of hydrogen-bond acceptors (Lipinski definition) is 6. The zero-order valence-electron chi connectivity index (χ0n) is 9.79. The van der Waals surface area contributed by atoms with Crippen LogP contribution in [0.2, 0.25) is 0 Å². The van der Waals surface area contributed by atoms with Crippen LogP contribution in [0.5, 0.6) is 5.75 Å². The maximum Gasteiger partial charge on any atom is 0.344 e. The summed E-state index contributed by atoms with van der Waals surface area (Å²) in [7, 11) is 0. The number of esters is 1. The number of ether oxygens (including phenoxy) is 2. The Morgan fingerprint density at radius 1 is 1.50 bits per heavy atom. The second-order valence-electron chi connectivity index (χ2n) is 3.31. The first-order valence-corrected chi connectivity index (χ1v) is 5.25. The predicted octanol–water partition coefficient (Wildman–Crippen LogP) is 1.03. The number of carbonyl (C=O) groups excluding carboxylic acids is 1. The number of carbonyl (C=O) groups is 1. The van der Waals surface area contributed by atoms with Gasteiger partial charge in [0.2, 0.25) is 0 Å². The quantitative estimate of drug-likeness (QED) is 0.463. The number of hydrogen-bond donors (Lipinski definition) is 1. The van der Waals surface area contributed by atoms with E-state index in [0.29, 0.717) is 5.56 Å². The minimum atomic E-state index is -0.623. The summed E-state index contributed by atoms with van der Waals surface area (Å²) in [5, 5.41) is 19.7. The molecule has 0 bridgehead atoms. The van der Waals surface area contributed by atoms with Crippen molar-refractivity contribution in [3.05, 3.63) is 33.9 Å². The van der Waals surface area contributed by atoms with E-state index in [4.69, 9.17) is 9.84 Å². The van der Waals surface area contributed by atoms with Gasteiger partial charge in [-0.05, 0) is 24.6 Å². The van der Waals surface area contributed by atoms with Gasteiger partial charge in [-0.2, -0.15) is 0 Å². The first kappa shape index (κ1) is 13.9. The van der Waals surface area contributed by atoms with Crippen LogP contribution in [0.25, 0.3) is 0 Å². The van der Waals surface area contributed by atoms with Crippen molar-refractivity contribution in [2.45, 2.75) is 13.5 Å². The number of nitrogens with zero attached hydrogens (tertiary/aromatic N) is 1. The van der Waals surface area contributed by atoms with Crippen LogP contribution in [0.3, 0.4) is 0 Å². The second kappa shape index (κ2) is 6.55. The SMILES string of the molecule is CCOC(=O)COc1cc(CO)ccc1[N+](=O)[O-]. The summed E-state index contributed by atoms with van der Waals surface area (Å²) in [5.41, 5.74) is 0.191. The van der Waals surface area contributed by atoms with Gasteiger partial charge in [0.1, 0.15) is 0 Å². The lowest BCUT2D eigenvalue weighted by molar-refractivity contribution is -0.385. The molecule has 1 N–H and O–H groups in total. The standard InChI is InChI=1S/C11H13NO6/c1-2-17-11(14)7-18-10-5-8(6-13)3-4-9(10)12(15)16/h3-5,13H,2,6-7H2,1H3. The molecule has 0 aliphatic rings. The molecule has 0 saturated heterocycles. The van der Waals surface area contributed by atoms with Crippen LogP contribution in [0.4, 0.5) is 5.69 Å². The highest BCUT2D eigenvalue weighted by Crippen LogP contribution is 2.27. The van der Waals surface area contributed by atoms with E-state index in [9.17, 15) is 14.9 Å². The van der Waals surface area contributed by atoms with E-state index in [1.165, 1.54) is 18.2 Å². The predicted molar refractivity (Wildman–Crippen MR) is 61.1 cm³/mol. The Balaban J connectivity index is 2.84. The van der Waals surface area contributed by atoms with Crippen LogP contribution < -0.4 is 4.74 Å². The fourth-order valence-electron chi connectivity index (χ4n) is 1.26. The molecular weight excluding hydrogens is 242 g/mol. The highest BCUT2D eigenvalue weighted by Gasteiger charge is 2.16. The number of nitro benzene ring substituents is 1. The summed E-state index contributed by atoms with van der Waals surface area (Å²) in [6, 6.07) is 3.94. The lowest BCUT2D eigenvalue weighted by Crippen LogP contribution is -2.15. The van der Waals surface area contributed by atoms with Crippen LogP contribution >= 0.6 is 0 Å². The molecule has 0 amide bonds. The van der Waals surface area contributed by atoms with E-state index in [1.807, 2.05) is 0 Å². The second-order valence-corrected chi connectivity index (χ2v) is 3.31. The molecule has 1 aromatic rings. The number of rotatable bonds is 6. The Kier molecular flexibility index (Phi) is 5.06. The van der Waals surface area contributed by atoms with E-state index >= 15 is 0 Å². The Bertz CT molecular complexity index is 445. The van der Waals surface area contributed by atoms with Crippen molar-refractivity contribution in [3.63, 3.8) is 0 Å². The van der Waals surface area contributed by atoms with Gasteiger partial charge in [0, 0.05) is 6.07 Å². The summed E-state index contributed by atoms with van der Waals surface area (Å²) in [5.74, 6) is -0.680. The summed E-state index contributed by atoms with van der Waals surface area (Å²) in [4.78, 5) is 21.2. The largest absolute Gasteiger partial charge is 0.475 e. The molecule has 0 aromatic heterocycles. The molecule has 0 atom stereocenters. The van der Waals surface area contributed by atoms with Crippen molar-refractivity contribution in [2.75, 3.05) is 13.2 Å². The van der Waals surface area contributed by atoms with Gasteiger partial charge in [0.15, 0.2) is 12.4 Å². The highest BCUT2D eigenvalue weighted by atomic mass is 16.6. The lowest BCUT2D eigenvalue weighted by atomic mass is 10.2. The lowest BCUT2D eigenvalue weighted by Gasteiger charge is -2.07. The fraction of sp³-hybridized carbons (Fsp3) is 0.364. The van der Waals surface area contributed by atoms with Crippen molar-refractivity contribution in [1.82, 2.24) is 0 Å². The third-order valence-corrected chi connectivity index (χ3v) is 2.05. The van der Waals surface area contributed by atoms with E-state index in [1.54, 1.807) is 6.92 Å². The summed E-state index contributed by atoms with van der Waals surface area (Å²) in [6.45, 7) is 1.17. The molecule has 0 aliphatic heterocycles. The molecule has 7 heteroatoms. The Morgan fingerprint density at radius 2 is 2.22 bits per heavy atom. The highest BCUT2D eigenvalue weighted by molar-refractivity contribution is 5.71. The van der Waals surface area contributed by atoms with Crippen molar-refractivity contribution in [1.29, 1.82) is 0 Å². The summed E-state index contributed by atoms with van der Waals surface area (Å²) < 4.78 is 9.67. The smallest absolute Gasteiger partial charge is 0.344 e. The van der Waals surface area contributed by atoms with Gasteiger partial charge < -0.3 is 14.6 Å². The first-order chi connectivity index (χ1) is 8.58. The Hall–Kier alpha value is -2.15.